The van der Waals surface area contributed by atoms with Crippen molar-refractivity contribution < 1.29 is 9.90 Å². The van der Waals surface area contributed by atoms with E-state index >= 15 is 0 Å². The minimum Gasteiger partial charge on any atom is -0.478 e. The van der Waals surface area contributed by atoms with Gasteiger partial charge < -0.3 is 5.11 Å². The predicted molar refractivity (Wildman–Crippen MR) is 66.2 cm³/mol. The molecule has 0 saturated carbocycles. The molecular formula is C12H9NO2S. The van der Waals surface area contributed by atoms with Gasteiger partial charge in [-0.1, -0.05) is 36.4 Å². The fourth-order valence-electron chi connectivity index (χ4n) is 1.41. The molecule has 16 heavy (non-hydrogen) atoms. The number of carbonyl (C=O) groups is 1. The highest BCUT2D eigenvalue weighted by atomic mass is 32.1. The summed E-state index contributed by atoms with van der Waals surface area (Å²) in [6, 6.07) is 12.7. The number of carboxylic acids is 1. The molecule has 0 fully saturated rings. The standard InChI is InChI=1S/C11H8O2.CHNS/c12-11(13)10-7-3-5-8-4-1-2-6-9(8)10;2-1-3/h1-7H,(H,12,13);2H. The van der Waals surface area contributed by atoms with Gasteiger partial charge in [0, 0.05) is 0 Å². The average molecular weight is 231 g/mol. The fourth-order valence-corrected chi connectivity index (χ4v) is 1.41. The van der Waals surface area contributed by atoms with Crippen molar-refractivity contribution in [3.8, 4) is 0 Å². The van der Waals surface area contributed by atoms with Crippen molar-refractivity contribution in [3.63, 3.8) is 0 Å². The first-order valence-corrected chi connectivity index (χ1v) is 4.86. The Balaban J connectivity index is 0.000000386. The number of thiocarbonyl (C=S) groups is 1. The summed E-state index contributed by atoms with van der Waals surface area (Å²) < 4.78 is 0. The molecule has 0 amide bonds. The van der Waals surface area contributed by atoms with E-state index in [9.17, 15) is 4.79 Å². The number of rotatable bonds is 1. The summed E-state index contributed by atoms with van der Waals surface area (Å²) in [6.45, 7) is 0. The van der Waals surface area contributed by atoms with Gasteiger partial charge in [-0.05, 0) is 29.1 Å². The fraction of sp³-hybridized carbons (Fsp3) is 0. The Morgan fingerprint density at radius 3 is 2.38 bits per heavy atom. The van der Waals surface area contributed by atoms with Gasteiger partial charge in [0.2, 0.25) is 0 Å². The van der Waals surface area contributed by atoms with Gasteiger partial charge in [0.1, 0.15) is 0 Å². The minimum atomic E-state index is -0.878. The highest BCUT2D eigenvalue weighted by molar-refractivity contribution is 7.78. The van der Waals surface area contributed by atoms with Gasteiger partial charge in [0.05, 0.1) is 10.7 Å². The van der Waals surface area contributed by atoms with Crippen molar-refractivity contribution >= 4 is 34.1 Å². The largest absolute Gasteiger partial charge is 0.478 e. The molecule has 3 nitrogen and oxygen atoms in total. The molecule has 80 valence electrons. The van der Waals surface area contributed by atoms with E-state index < -0.39 is 5.97 Å². The molecule has 2 N–H and O–H groups in total. The molecule has 2 aromatic carbocycles. The Hall–Kier alpha value is -2.03. The van der Waals surface area contributed by atoms with Crippen molar-refractivity contribution in [2.24, 2.45) is 0 Å². The van der Waals surface area contributed by atoms with Crippen LogP contribution in [0.3, 0.4) is 0 Å². The molecule has 0 aliphatic carbocycles. The smallest absolute Gasteiger partial charge is 0.336 e. The van der Waals surface area contributed by atoms with Crippen LogP contribution in [-0.2, 0) is 0 Å². The predicted octanol–water partition coefficient (Wildman–Crippen LogP) is 3.21. The zero-order valence-electron chi connectivity index (χ0n) is 8.31. The number of hydrogen-bond donors (Lipinski definition) is 2. The normalized spacial score (nSPS) is 8.75. The number of fused-ring (bicyclic) bond motifs is 1. The lowest BCUT2D eigenvalue weighted by Crippen LogP contribution is -1.96. The minimum absolute atomic E-state index is 0.359. The van der Waals surface area contributed by atoms with E-state index in [4.69, 9.17) is 10.5 Å². The summed E-state index contributed by atoms with van der Waals surface area (Å²) in [5.74, 6) is -0.878. The lowest BCUT2D eigenvalue weighted by atomic mass is 10.1. The van der Waals surface area contributed by atoms with Crippen molar-refractivity contribution in [1.82, 2.24) is 0 Å². The summed E-state index contributed by atoms with van der Waals surface area (Å²) in [4.78, 5) is 10.8. The van der Waals surface area contributed by atoms with Gasteiger partial charge in [0.15, 0.2) is 0 Å². The van der Waals surface area contributed by atoms with E-state index in [2.05, 4.69) is 12.2 Å². The molecule has 0 spiro atoms. The van der Waals surface area contributed by atoms with Crippen molar-refractivity contribution in [3.05, 3.63) is 48.0 Å². The Bertz CT molecular complexity index is 540. The van der Waals surface area contributed by atoms with E-state index in [1.54, 1.807) is 17.3 Å². The molecule has 0 bridgehead atoms. The zero-order chi connectivity index (χ0) is 12.0. The van der Waals surface area contributed by atoms with Crippen LogP contribution >= 0.6 is 12.2 Å². The van der Waals surface area contributed by atoms with Crippen LogP contribution in [0.25, 0.3) is 10.8 Å². The second-order valence-electron chi connectivity index (χ2n) is 2.93. The second-order valence-corrected chi connectivity index (χ2v) is 3.14. The van der Waals surface area contributed by atoms with Gasteiger partial charge in [-0.3, -0.25) is 0 Å². The monoisotopic (exact) mass is 231 g/mol. The first kappa shape index (κ1) is 12.0. The molecule has 0 aromatic heterocycles. The summed E-state index contributed by atoms with van der Waals surface area (Å²) in [5, 5.41) is 18.0. The first-order chi connectivity index (χ1) is 7.70. The van der Waals surface area contributed by atoms with Crippen LogP contribution in [0.5, 0.6) is 0 Å². The average Bonchev–Trinajstić information content (AvgIpc) is 2.29. The quantitative estimate of drug-likeness (QED) is 0.585. The molecule has 0 saturated heterocycles. The third kappa shape index (κ3) is 2.73. The molecule has 2 rings (SSSR count). The SMILES string of the molecule is N=C=S.O=C(O)c1cccc2ccccc12. The summed E-state index contributed by atoms with van der Waals surface area (Å²) in [7, 11) is 0. The van der Waals surface area contributed by atoms with Crippen LogP contribution in [0, 0.1) is 5.41 Å². The number of nitrogens with one attached hydrogen (secondary N) is 1. The van der Waals surface area contributed by atoms with Crippen LogP contribution in [0.1, 0.15) is 10.4 Å². The number of benzene rings is 2. The second kappa shape index (κ2) is 5.75. The number of aromatic carboxylic acids is 1. The van der Waals surface area contributed by atoms with Crippen LogP contribution in [0.15, 0.2) is 42.5 Å². The number of isothiocyanates is 1. The molecule has 4 heteroatoms. The van der Waals surface area contributed by atoms with Gasteiger partial charge in [-0.25, -0.2) is 10.2 Å². The van der Waals surface area contributed by atoms with Crippen LogP contribution < -0.4 is 0 Å². The van der Waals surface area contributed by atoms with Crippen molar-refractivity contribution in [2.45, 2.75) is 0 Å². The van der Waals surface area contributed by atoms with Crippen LogP contribution in [-0.4, -0.2) is 16.2 Å². The van der Waals surface area contributed by atoms with Crippen molar-refractivity contribution in [1.29, 1.82) is 5.41 Å². The number of hydrogen-bond acceptors (Lipinski definition) is 3. The zero-order valence-corrected chi connectivity index (χ0v) is 9.12. The highest BCUT2D eigenvalue weighted by Crippen LogP contribution is 2.17. The molecule has 0 atom stereocenters. The van der Waals surface area contributed by atoms with Gasteiger partial charge in [-0.15, -0.1) is 0 Å². The molecule has 2 aromatic rings. The Morgan fingerprint density at radius 1 is 1.19 bits per heavy atom. The van der Waals surface area contributed by atoms with E-state index in [1.165, 1.54) is 0 Å². The van der Waals surface area contributed by atoms with E-state index in [0.29, 0.717) is 5.56 Å². The maximum Gasteiger partial charge on any atom is 0.336 e. The van der Waals surface area contributed by atoms with Gasteiger partial charge >= 0.3 is 5.97 Å². The molecule has 0 unspecified atom stereocenters. The maximum absolute atomic E-state index is 10.8. The van der Waals surface area contributed by atoms with Crippen molar-refractivity contribution in [2.75, 3.05) is 0 Å². The first-order valence-electron chi connectivity index (χ1n) is 4.45. The molecule has 0 aliphatic rings. The lowest BCUT2D eigenvalue weighted by molar-refractivity contribution is 0.0699. The Labute approximate surface area is 97.8 Å². The molecule has 0 aliphatic heterocycles. The Kier molecular flexibility index (Phi) is 4.33. The van der Waals surface area contributed by atoms with Gasteiger partial charge in [0.25, 0.3) is 0 Å². The lowest BCUT2D eigenvalue weighted by Gasteiger charge is -2.00. The molecular weight excluding hydrogens is 222 g/mol. The number of carboxylic acid groups (broad SMARTS) is 1. The molecule has 0 radical (unpaired) electrons. The summed E-state index contributed by atoms with van der Waals surface area (Å²) in [6.07, 6.45) is 0. The molecule has 0 heterocycles. The van der Waals surface area contributed by atoms with Gasteiger partial charge in [-0.2, -0.15) is 0 Å². The van der Waals surface area contributed by atoms with E-state index in [-0.39, 0.29) is 0 Å². The third-order valence-corrected chi connectivity index (χ3v) is 2.02. The summed E-state index contributed by atoms with van der Waals surface area (Å²) in [5.41, 5.74) is 0.359. The topological polar surface area (TPSA) is 61.2 Å². The summed E-state index contributed by atoms with van der Waals surface area (Å²) >= 11 is 3.81. The van der Waals surface area contributed by atoms with Crippen LogP contribution in [0.4, 0.5) is 0 Å². The van der Waals surface area contributed by atoms with Crippen LogP contribution in [0.2, 0.25) is 0 Å². The van der Waals surface area contributed by atoms with E-state index in [0.717, 1.165) is 10.8 Å². The Morgan fingerprint density at radius 2 is 1.75 bits per heavy atom. The third-order valence-electron chi connectivity index (χ3n) is 2.02. The maximum atomic E-state index is 10.8. The van der Waals surface area contributed by atoms with E-state index in [1.807, 2.05) is 30.3 Å². The highest BCUT2D eigenvalue weighted by Gasteiger charge is 2.05.